The number of rotatable bonds is 5. The quantitative estimate of drug-likeness (QED) is 0.208. The van der Waals surface area contributed by atoms with Gasteiger partial charge in [-0.1, -0.05) is 44.2 Å². The number of nitrogens with two attached hydrogens (primary N) is 1. The lowest BCUT2D eigenvalue weighted by atomic mass is 9.92. The first-order chi connectivity index (χ1) is 15.0. The summed E-state index contributed by atoms with van der Waals surface area (Å²) in [5, 5.41) is 6.51. The molecule has 0 bridgehead atoms. The highest BCUT2D eigenvalue weighted by atomic mass is 15.5. The maximum atomic E-state index is 6.71. The molecule has 1 aromatic rings. The number of nitrogens with one attached hydrogen (secondary N) is 1. The zero-order valence-electron chi connectivity index (χ0n) is 20.7. The van der Waals surface area contributed by atoms with Crippen LogP contribution >= 0.6 is 0 Å². The molecule has 5 nitrogen and oxygen atoms in total. The van der Waals surface area contributed by atoms with E-state index in [-0.39, 0.29) is 6.04 Å². The Morgan fingerprint density at radius 3 is 2.23 bits per heavy atom. The monoisotopic (exact) mass is 427 g/mol. The molecule has 3 N–H and O–H groups in total. The molecule has 1 atom stereocenters. The molecule has 3 rings (SSSR count). The number of amidine groups is 1. The van der Waals surface area contributed by atoms with Crippen molar-refractivity contribution in [2.24, 2.45) is 10.9 Å². The third kappa shape index (κ3) is 7.51. The summed E-state index contributed by atoms with van der Waals surface area (Å²) in [6, 6.07) is 6.47. The van der Waals surface area contributed by atoms with Crippen molar-refractivity contribution >= 4 is 11.5 Å². The number of hydrazone groups is 1. The molecule has 1 aromatic carbocycles. The smallest absolute Gasteiger partial charge is 0.165 e. The molecule has 0 saturated carbocycles. The molecule has 1 aliphatic heterocycles. The van der Waals surface area contributed by atoms with E-state index in [9.17, 15) is 0 Å². The van der Waals surface area contributed by atoms with E-state index < -0.39 is 0 Å². The van der Waals surface area contributed by atoms with Gasteiger partial charge >= 0.3 is 0 Å². The van der Waals surface area contributed by atoms with Crippen molar-refractivity contribution in [3.63, 3.8) is 0 Å². The third-order valence-electron chi connectivity index (χ3n) is 5.58. The van der Waals surface area contributed by atoms with Crippen LogP contribution in [0.5, 0.6) is 0 Å². The molecule has 1 saturated heterocycles. The van der Waals surface area contributed by atoms with E-state index in [0.29, 0.717) is 0 Å². The van der Waals surface area contributed by atoms with Gasteiger partial charge in [0.25, 0.3) is 0 Å². The molecule has 31 heavy (non-hydrogen) atoms. The fraction of sp³-hybridized carbons (Fsp3) is 0.577. The van der Waals surface area contributed by atoms with Gasteiger partial charge in [-0.2, -0.15) is 5.10 Å². The lowest BCUT2D eigenvalue weighted by Crippen LogP contribution is -2.53. The Balaban J connectivity index is 0.000000884. The summed E-state index contributed by atoms with van der Waals surface area (Å²) in [5.41, 5.74) is 7.90. The van der Waals surface area contributed by atoms with Crippen molar-refractivity contribution in [2.75, 3.05) is 25.1 Å². The van der Waals surface area contributed by atoms with Gasteiger partial charge in [-0.05, 0) is 89.1 Å². The fourth-order valence-corrected chi connectivity index (χ4v) is 4.34. The van der Waals surface area contributed by atoms with Crippen LogP contribution in [0.2, 0.25) is 0 Å². The normalized spacial score (nSPS) is 17.4. The first-order valence-electron chi connectivity index (χ1n) is 11.9. The Morgan fingerprint density at radius 2 is 1.74 bits per heavy atom. The van der Waals surface area contributed by atoms with Crippen LogP contribution in [-0.4, -0.2) is 36.9 Å². The lowest BCUT2D eigenvalue weighted by Gasteiger charge is -2.36. The number of hydrogen-bond acceptors (Lipinski definition) is 4. The van der Waals surface area contributed by atoms with Crippen LogP contribution in [0.15, 0.2) is 47.6 Å². The molecule has 0 radical (unpaired) electrons. The Morgan fingerprint density at radius 1 is 1.16 bits per heavy atom. The van der Waals surface area contributed by atoms with E-state index in [4.69, 9.17) is 5.84 Å². The zero-order valence-corrected chi connectivity index (χ0v) is 20.7. The van der Waals surface area contributed by atoms with Gasteiger partial charge in [0.15, 0.2) is 5.84 Å². The number of aryl methyl sites for hydroxylation is 2. The summed E-state index contributed by atoms with van der Waals surface area (Å²) >= 11 is 0. The molecular weight excluding hydrogens is 382 g/mol. The van der Waals surface area contributed by atoms with E-state index >= 15 is 0 Å². The van der Waals surface area contributed by atoms with Crippen molar-refractivity contribution < 1.29 is 0 Å². The van der Waals surface area contributed by atoms with Crippen LogP contribution in [0.1, 0.15) is 70.4 Å². The van der Waals surface area contributed by atoms with Crippen LogP contribution in [0.3, 0.4) is 0 Å². The number of allylic oxidation sites excluding steroid dienone is 2. The van der Waals surface area contributed by atoms with Gasteiger partial charge in [0.2, 0.25) is 0 Å². The van der Waals surface area contributed by atoms with Crippen LogP contribution in [0.25, 0.3) is 0 Å². The molecule has 2 aliphatic rings. The molecule has 174 valence electrons. The average molecular weight is 428 g/mol. The second-order valence-electron chi connectivity index (χ2n) is 7.88. The van der Waals surface area contributed by atoms with Crippen LogP contribution in [-0.2, 0) is 0 Å². The second-order valence-corrected chi connectivity index (χ2v) is 7.88. The van der Waals surface area contributed by atoms with Gasteiger partial charge in [-0.25, -0.2) is 5.84 Å². The fourth-order valence-electron chi connectivity index (χ4n) is 4.34. The molecule has 1 fully saturated rings. The van der Waals surface area contributed by atoms with Gasteiger partial charge in [0, 0.05) is 7.05 Å². The Bertz CT molecular complexity index is 696. The molecule has 0 aromatic heterocycles. The summed E-state index contributed by atoms with van der Waals surface area (Å²) in [6.45, 7) is 15.7. The van der Waals surface area contributed by atoms with Crippen molar-refractivity contribution in [2.45, 2.75) is 79.2 Å². The topological polar surface area (TPSA) is 56.9 Å². The third-order valence-corrected chi connectivity index (χ3v) is 5.58. The predicted molar refractivity (Wildman–Crippen MR) is 137 cm³/mol. The highest BCUT2D eigenvalue weighted by Gasteiger charge is 2.33. The van der Waals surface area contributed by atoms with Gasteiger partial charge in [0.05, 0.1) is 11.7 Å². The van der Waals surface area contributed by atoms with Gasteiger partial charge in [-0.3, -0.25) is 9.91 Å². The summed E-state index contributed by atoms with van der Waals surface area (Å²) in [7, 11) is 1.86. The number of benzene rings is 1. The molecule has 1 aliphatic carbocycles. The Hall–Kier alpha value is -2.11. The van der Waals surface area contributed by atoms with E-state index in [1.807, 2.05) is 32.8 Å². The van der Waals surface area contributed by atoms with Gasteiger partial charge in [-0.15, -0.1) is 6.58 Å². The Kier molecular flexibility index (Phi) is 12.9. The van der Waals surface area contributed by atoms with Crippen molar-refractivity contribution in [3.05, 3.63) is 53.6 Å². The summed E-state index contributed by atoms with van der Waals surface area (Å²) in [6.07, 6.45) is 11.5. The van der Waals surface area contributed by atoms with Gasteiger partial charge < -0.3 is 5.43 Å². The van der Waals surface area contributed by atoms with Crippen molar-refractivity contribution in [1.82, 2.24) is 10.3 Å². The minimum absolute atomic E-state index is 0.161. The number of para-hydroxylation sites is 1. The summed E-state index contributed by atoms with van der Waals surface area (Å²) in [5.74, 6) is 7.61. The number of likely N-dealkylation sites (tertiary alicyclic amines) is 1. The van der Waals surface area contributed by atoms with Crippen molar-refractivity contribution in [3.8, 4) is 0 Å². The first kappa shape index (κ1) is 26.9. The maximum absolute atomic E-state index is 6.71. The predicted octanol–water partition coefficient (Wildman–Crippen LogP) is 5.70. The Labute approximate surface area is 191 Å². The van der Waals surface area contributed by atoms with Crippen molar-refractivity contribution in [1.29, 1.82) is 0 Å². The van der Waals surface area contributed by atoms with E-state index in [1.165, 1.54) is 48.8 Å². The minimum atomic E-state index is 0.161. The molecule has 1 unspecified atom stereocenters. The highest BCUT2D eigenvalue weighted by molar-refractivity contribution is 6.03. The standard InChI is InChI=1S/C21H33N5.C3H6.C2H6/c1-16-10-9-11-17(2)19(16)26(22)21(24-23-3)20(25-14-7-8-15-25)18-12-5-4-6-13-18;1-3-2;1-2/h9-12,20,23H,4-8,13-15,22H2,1-3H3;3H,1H2,2H3;1-2H3/b24-21-;;. The van der Waals surface area contributed by atoms with E-state index in [2.05, 4.69) is 60.1 Å². The second kappa shape index (κ2) is 14.8. The van der Waals surface area contributed by atoms with Gasteiger partial charge in [0.1, 0.15) is 0 Å². The summed E-state index contributed by atoms with van der Waals surface area (Å²) in [4.78, 5) is 2.56. The molecule has 5 heteroatoms. The number of nitrogens with zero attached hydrogens (tertiary/aromatic N) is 3. The largest absolute Gasteiger partial charge is 0.311 e. The SMILES string of the molecule is C=CC.CC.CN/N=C(/C(C1=CCCCC1)N1CCCC1)N(N)c1c(C)cccc1C. The molecule has 1 heterocycles. The molecule has 0 amide bonds. The van der Waals surface area contributed by atoms with Crippen LogP contribution in [0.4, 0.5) is 5.69 Å². The zero-order chi connectivity index (χ0) is 23.2. The molecular formula is C26H45N5. The highest BCUT2D eigenvalue weighted by Crippen LogP contribution is 2.30. The maximum Gasteiger partial charge on any atom is 0.165 e. The molecule has 0 spiro atoms. The average Bonchev–Trinajstić information content (AvgIpc) is 3.30. The number of anilines is 1. The summed E-state index contributed by atoms with van der Waals surface area (Å²) < 4.78 is 0. The van der Waals surface area contributed by atoms with Crippen LogP contribution in [0, 0.1) is 13.8 Å². The van der Waals surface area contributed by atoms with E-state index in [1.54, 1.807) is 6.08 Å². The first-order valence-corrected chi connectivity index (χ1v) is 11.9. The lowest BCUT2D eigenvalue weighted by molar-refractivity contribution is 0.316. The number of hydrogen-bond donors (Lipinski definition) is 2. The number of hydrazine groups is 1. The van der Waals surface area contributed by atoms with Crippen LogP contribution < -0.4 is 16.3 Å². The van der Waals surface area contributed by atoms with E-state index in [0.717, 1.165) is 31.0 Å². The minimum Gasteiger partial charge on any atom is -0.311 e.